The van der Waals surface area contributed by atoms with E-state index in [-0.39, 0.29) is 0 Å². The maximum Gasteiger partial charge on any atom is 0.0885 e. The van der Waals surface area contributed by atoms with Gasteiger partial charge in [0, 0.05) is 37.4 Å². The fourth-order valence-corrected chi connectivity index (χ4v) is 2.26. The van der Waals surface area contributed by atoms with Crippen molar-refractivity contribution in [2.75, 3.05) is 26.1 Å². The number of pyridine rings is 1. The number of rotatable bonds is 7. The van der Waals surface area contributed by atoms with Gasteiger partial charge in [0.2, 0.25) is 0 Å². The molecule has 0 saturated carbocycles. The summed E-state index contributed by atoms with van der Waals surface area (Å²) in [6, 6.07) is 8.26. The number of fused-ring (bicyclic) bond motifs is 1. The smallest absolute Gasteiger partial charge is 0.0885 e. The zero-order chi connectivity index (χ0) is 14.4. The van der Waals surface area contributed by atoms with Gasteiger partial charge in [-0.25, -0.2) is 4.98 Å². The topological polar surface area (TPSA) is 43.4 Å². The highest BCUT2D eigenvalue weighted by Gasteiger charge is 2.09. The van der Waals surface area contributed by atoms with E-state index in [1.165, 1.54) is 0 Å². The molecule has 4 nitrogen and oxygen atoms in total. The Balaban J connectivity index is 2.54. The predicted octanol–water partition coefficient (Wildman–Crippen LogP) is 3.35. The van der Waals surface area contributed by atoms with Crippen LogP contribution in [0.5, 0.6) is 0 Å². The molecule has 0 unspecified atom stereocenters. The van der Waals surface area contributed by atoms with Gasteiger partial charge in [-0.2, -0.15) is 0 Å². The van der Waals surface area contributed by atoms with Crippen LogP contribution in [0.25, 0.3) is 10.9 Å². The molecule has 0 radical (unpaired) electrons. The zero-order valence-corrected chi connectivity index (χ0v) is 12.4. The zero-order valence-electron chi connectivity index (χ0n) is 12.4. The van der Waals surface area contributed by atoms with Crippen LogP contribution in [0.2, 0.25) is 0 Å². The van der Waals surface area contributed by atoms with Gasteiger partial charge in [-0.1, -0.05) is 25.1 Å². The van der Waals surface area contributed by atoms with Crippen LogP contribution < -0.4 is 5.32 Å². The van der Waals surface area contributed by atoms with Crippen molar-refractivity contribution >= 4 is 16.6 Å². The molecule has 0 aliphatic rings. The first kappa shape index (κ1) is 14.8. The SMILES string of the molecule is CCCNc1cc(COC)nc2c(COC)cccc12. The third-order valence-electron chi connectivity index (χ3n) is 3.13. The second kappa shape index (κ2) is 7.22. The van der Waals surface area contributed by atoms with Gasteiger partial charge in [-0.3, -0.25) is 0 Å². The number of methoxy groups -OCH3 is 2. The first-order valence-electron chi connectivity index (χ1n) is 6.93. The summed E-state index contributed by atoms with van der Waals surface area (Å²) in [6.07, 6.45) is 1.08. The maximum absolute atomic E-state index is 5.27. The van der Waals surface area contributed by atoms with E-state index in [1.807, 2.05) is 6.07 Å². The van der Waals surface area contributed by atoms with Crippen molar-refractivity contribution in [1.29, 1.82) is 0 Å². The Morgan fingerprint density at radius 3 is 2.65 bits per heavy atom. The number of hydrogen-bond acceptors (Lipinski definition) is 4. The van der Waals surface area contributed by atoms with E-state index in [2.05, 4.69) is 30.4 Å². The number of nitrogens with zero attached hydrogens (tertiary/aromatic N) is 1. The molecule has 0 atom stereocenters. The van der Waals surface area contributed by atoms with Crippen molar-refractivity contribution in [3.8, 4) is 0 Å². The Kier molecular flexibility index (Phi) is 5.32. The first-order chi connectivity index (χ1) is 9.80. The van der Waals surface area contributed by atoms with Gasteiger partial charge in [-0.05, 0) is 12.5 Å². The fraction of sp³-hybridized carbons (Fsp3) is 0.438. The lowest BCUT2D eigenvalue weighted by Crippen LogP contribution is -2.04. The molecule has 4 heteroatoms. The molecule has 1 aromatic carbocycles. The van der Waals surface area contributed by atoms with Crippen LogP contribution in [-0.4, -0.2) is 25.7 Å². The molecule has 108 valence electrons. The third-order valence-corrected chi connectivity index (χ3v) is 3.13. The maximum atomic E-state index is 5.27. The molecule has 1 aromatic heterocycles. The summed E-state index contributed by atoms with van der Waals surface area (Å²) in [5, 5.41) is 4.60. The summed E-state index contributed by atoms with van der Waals surface area (Å²) >= 11 is 0. The van der Waals surface area contributed by atoms with Gasteiger partial charge in [-0.15, -0.1) is 0 Å². The number of ether oxygens (including phenoxy) is 2. The van der Waals surface area contributed by atoms with E-state index in [9.17, 15) is 0 Å². The highest BCUT2D eigenvalue weighted by molar-refractivity contribution is 5.93. The summed E-state index contributed by atoms with van der Waals surface area (Å²) in [5.41, 5.74) is 4.13. The summed E-state index contributed by atoms with van der Waals surface area (Å²) in [7, 11) is 3.39. The van der Waals surface area contributed by atoms with Gasteiger partial charge in [0.05, 0.1) is 24.4 Å². The molecule has 0 saturated heterocycles. The monoisotopic (exact) mass is 274 g/mol. The minimum Gasteiger partial charge on any atom is -0.384 e. The molecule has 2 aromatic rings. The Bertz CT molecular complexity index is 570. The number of para-hydroxylation sites is 1. The Labute approximate surface area is 120 Å². The second-order valence-corrected chi connectivity index (χ2v) is 4.77. The van der Waals surface area contributed by atoms with E-state index in [0.717, 1.165) is 40.8 Å². The first-order valence-corrected chi connectivity index (χ1v) is 6.93. The Morgan fingerprint density at radius 1 is 1.15 bits per heavy atom. The standard InChI is InChI=1S/C16H22N2O2/c1-4-8-17-15-9-13(11-20-3)18-16-12(10-19-2)6-5-7-14(15)16/h5-7,9H,4,8,10-11H2,1-3H3,(H,17,18). The molecule has 0 aliphatic carbocycles. The summed E-state index contributed by atoms with van der Waals surface area (Å²) < 4.78 is 10.5. The summed E-state index contributed by atoms with van der Waals surface area (Å²) in [4.78, 5) is 4.71. The van der Waals surface area contributed by atoms with Crippen LogP contribution in [0.4, 0.5) is 5.69 Å². The van der Waals surface area contributed by atoms with Gasteiger partial charge in [0.25, 0.3) is 0 Å². The van der Waals surface area contributed by atoms with Gasteiger partial charge < -0.3 is 14.8 Å². The van der Waals surface area contributed by atoms with E-state index in [1.54, 1.807) is 14.2 Å². The summed E-state index contributed by atoms with van der Waals surface area (Å²) in [5.74, 6) is 0. The summed E-state index contributed by atoms with van der Waals surface area (Å²) in [6.45, 7) is 4.18. The molecular weight excluding hydrogens is 252 g/mol. The fourth-order valence-electron chi connectivity index (χ4n) is 2.26. The van der Waals surface area contributed by atoms with Gasteiger partial charge in [0.15, 0.2) is 0 Å². The molecule has 2 rings (SSSR count). The van der Waals surface area contributed by atoms with E-state index in [0.29, 0.717) is 13.2 Å². The van der Waals surface area contributed by atoms with E-state index in [4.69, 9.17) is 14.5 Å². The lowest BCUT2D eigenvalue weighted by molar-refractivity contribution is 0.181. The average Bonchev–Trinajstić information content (AvgIpc) is 2.46. The molecule has 0 aliphatic heterocycles. The quantitative estimate of drug-likeness (QED) is 0.841. The number of nitrogens with one attached hydrogen (secondary N) is 1. The predicted molar refractivity (Wildman–Crippen MR) is 81.9 cm³/mol. The molecule has 0 amide bonds. The number of hydrogen-bond donors (Lipinski definition) is 1. The van der Waals surface area contributed by atoms with E-state index < -0.39 is 0 Å². The lowest BCUT2D eigenvalue weighted by atomic mass is 10.1. The van der Waals surface area contributed by atoms with Crippen molar-refractivity contribution in [1.82, 2.24) is 4.98 Å². The minimum absolute atomic E-state index is 0.512. The van der Waals surface area contributed by atoms with Gasteiger partial charge in [0.1, 0.15) is 0 Å². The largest absolute Gasteiger partial charge is 0.384 e. The van der Waals surface area contributed by atoms with Crippen molar-refractivity contribution in [3.05, 3.63) is 35.5 Å². The van der Waals surface area contributed by atoms with Gasteiger partial charge >= 0.3 is 0 Å². The van der Waals surface area contributed by atoms with Crippen LogP contribution in [0.1, 0.15) is 24.6 Å². The van der Waals surface area contributed by atoms with Crippen LogP contribution in [-0.2, 0) is 22.7 Å². The Morgan fingerprint density at radius 2 is 1.95 bits per heavy atom. The Hall–Kier alpha value is -1.65. The van der Waals surface area contributed by atoms with Crippen LogP contribution in [0.15, 0.2) is 24.3 Å². The average molecular weight is 274 g/mol. The van der Waals surface area contributed by atoms with Crippen molar-refractivity contribution in [2.45, 2.75) is 26.6 Å². The second-order valence-electron chi connectivity index (χ2n) is 4.77. The van der Waals surface area contributed by atoms with Crippen LogP contribution in [0.3, 0.4) is 0 Å². The molecular formula is C16H22N2O2. The third kappa shape index (κ3) is 3.26. The minimum atomic E-state index is 0.512. The normalized spacial score (nSPS) is 10.9. The highest BCUT2D eigenvalue weighted by atomic mass is 16.5. The van der Waals surface area contributed by atoms with Crippen molar-refractivity contribution in [2.24, 2.45) is 0 Å². The number of aromatic nitrogens is 1. The van der Waals surface area contributed by atoms with Crippen molar-refractivity contribution < 1.29 is 9.47 Å². The molecule has 1 N–H and O–H groups in total. The highest BCUT2D eigenvalue weighted by Crippen LogP contribution is 2.26. The molecule has 0 bridgehead atoms. The lowest BCUT2D eigenvalue weighted by Gasteiger charge is -2.13. The van der Waals surface area contributed by atoms with Crippen LogP contribution >= 0.6 is 0 Å². The van der Waals surface area contributed by atoms with Crippen molar-refractivity contribution in [3.63, 3.8) is 0 Å². The van der Waals surface area contributed by atoms with E-state index >= 15 is 0 Å². The number of anilines is 1. The molecule has 0 fully saturated rings. The van der Waals surface area contributed by atoms with Crippen LogP contribution in [0, 0.1) is 0 Å². The number of benzene rings is 1. The molecule has 20 heavy (non-hydrogen) atoms. The molecule has 0 spiro atoms. The molecule has 1 heterocycles.